The van der Waals surface area contributed by atoms with E-state index in [1.165, 1.54) is 4.90 Å². The lowest BCUT2D eigenvalue weighted by Gasteiger charge is -2.16. The zero-order valence-corrected chi connectivity index (χ0v) is 7.87. The Morgan fingerprint density at radius 2 is 2.36 bits per heavy atom. The highest BCUT2D eigenvalue weighted by Gasteiger charge is 2.46. The molecule has 82 valence electrons. The van der Waals surface area contributed by atoms with E-state index in [4.69, 9.17) is 5.11 Å². The van der Waals surface area contributed by atoms with Crippen LogP contribution in [-0.2, 0) is 9.53 Å². The van der Waals surface area contributed by atoms with Crippen molar-refractivity contribution in [3.8, 4) is 0 Å². The smallest absolute Gasteiger partial charge is 0.329 e. The Balaban J connectivity index is 2.33. The second-order valence-electron chi connectivity index (χ2n) is 3.56. The minimum absolute atomic E-state index is 0.205. The fourth-order valence-electron chi connectivity index (χ4n) is 1.53. The summed E-state index contributed by atoms with van der Waals surface area (Å²) in [6, 6.07) is 0. The van der Waals surface area contributed by atoms with E-state index >= 15 is 0 Å². The summed E-state index contributed by atoms with van der Waals surface area (Å²) in [5.74, 6) is -4.81. The fourth-order valence-corrected chi connectivity index (χ4v) is 1.53. The van der Waals surface area contributed by atoms with Crippen molar-refractivity contribution in [3.63, 3.8) is 0 Å². The van der Waals surface area contributed by atoms with E-state index in [2.05, 4.69) is 4.74 Å². The number of carbonyl (C=O) groups is 1. The summed E-state index contributed by atoms with van der Waals surface area (Å²) in [6.07, 6.45) is 0. The molecule has 0 radical (unpaired) electrons. The average molecular weight is 209 g/mol. The normalized spacial score (nSPS) is 26.6. The van der Waals surface area contributed by atoms with E-state index in [9.17, 15) is 13.6 Å². The molecule has 0 aromatic carbocycles. The summed E-state index contributed by atoms with van der Waals surface area (Å²) in [4.78, 5) is 11.6. The molecule has 1 atom stereocenters. The number of hydrogen-bond donors (Lipinski definition) is 1. The Morgan fingerprint density at radius 3 is 2.79 bits per heavy atom. The van der Waals surface area contributed by atoms with Gasteiger partial charge < -0.3 is 9.84 Å². The lowest BCUT2D eigenvalue weighted by molar-refractivity contribution is -0.144. The standard InChI is InChI=1S/C8H13F2NO3/c1-11-2-6(8(9,10)5-11)3-14-4-7(12)13/h6H,2-5H2,1H3,(H,12,13). The van der Waals surface area contributed by atoms with Gasteiger partial charge in [-0.15, -0.1) is 0 Å². The van der Waals surface area contributed by atoms with Crippen LogP contribution in [0.1, 0.15) is 0 Å². The van der Waals surface area contributed by atoms with Gasteiger partial charge in [0.2, 0.25) is 0 Å². The summed E-state index contributed by atoms with van der Waals surface area (Å²) in [7, 11) is 1.60. The van der Waals surface area contributed by atoms with Gasteiger partial charge >= 0.3 is 5.97 Å². The minimum Gasteiger partial charge on any atom is -0.480 e. The molecule has 14 heavy (non-hydrogen) atoms. The van der Waals surface area contributed by atoms with Gasteiger partial charge in [-0.05, 0) is 7.05 Å². The van der Waals surface area contributed by atoms with Gasteiger partial charge in [0.15, 0.2) is 0 Å². The molecule has 0 bridgehead atoms. The van der Waals surface area contributed by atoms with Crippen LogP contribution in [0.25, 0.3) is 0 Å². The third-order valence-electron chi connectivity index (χ3n) is 2.15. The van der Waals surface area contributed by atoms with Gasteiger partial charge in [0, 0.05) is 6.54 Å². The maximum absolute atomic E-state index is 13.1. The molecule has 1 heterocycles. The van der Waals surface area contributed by atoms with Gasteiger partial charge in [0.05, 0.1) is 19.1 Å². The summed E-state index contributed by atoms with van der Waals surface area (Å²) in [5.41, 5.74) is 0. The van der Waals surface area contributed by atoms with Crippen LogP contribution in [-0.4, -0.2) is 55.2 Å². The van der Waals surface area contributed by atoms with Crippen molar-refractivity contribution < 1.29 is 23.4 Å². The number of ether oxygens (including phenoxy) is 1. The van der Waals surface area contributed by atoms with Gasteiger partial charge in [0.1, 0.15) is 6.61 Å². The van der Waals surface area contributed by atoms with Crippen molar-refractivity contribution in [2.75, 3.05) is 33.4 Å². The molecule has 1 aliphatic rings. The first-order valence-corrected chi connectivity index (χ1v) is 4.27. The SMILES string of the molecule is CN1CC(COCC(=O)O)C(F)(F)C1. The highest BCUT2D eigenvalue weighted by atomic mass is 19.3. The Hall–Kier alpha value is -0.750. The number of aliphatic carboxylic acids is 1. The maximum atomic E-state index is 13.1. The van der Waals surface area contributed by atoms with E-state index in [-0.39, 0.29) is 19.7 Å². The quantitative estimate of drug-likeness (QED) is 0.722. The molecular weight excluding hydrogens is 196 g/mol. The van der Waals surface area contributed by atoms with E-state index in [1.807, 2.05) is 0 Å². The molecule has 1 fully saturated rings. The third kappa shape index (κ3) is 2.88. The van der Waals surface area contributed by atoms with E-state index < -0.39 is 24.4 Å². The minimum atomic E-state index is -2.77. The summed E-state index contributed by atoms with van der Waals surface area (Å²) < 4.78 is 30.9. The molecule has 1 rings (SSSR count). The van der Waals surface area contributed by atoms with Crippen LogP contribution in [0.3, 0.4) is 0 Å². The van der Waals surface area contributed by atoms with Gasteiger partial charge in [0.25, 0.3) is 5.92 Å². The second-order valence-corrected chi connectivity index (χ2v) is 3.56. The topological polar surface area (TPSA) is 49.8 Å². The van der Waals surface area contributed by atoms with Gasteiger partial charge in [-0.1, -0.05) is 0 Å². The van der Waals surface area contributed by atoms with Crippen LogP contribution < -0.4 is 0 Å². The first-order valence-electron chi connectivity index (χ1n) is 4.27. The van der Waals surface area contributed by atoms with Crippen LogP contribution in [0, 0.1) is 5.92 Å². The number of likely N-dealkylation sites (tertiary alicyclic amines) is 1. The molecule has 0 amide bonds. The third-order valence-corrected chi connectivity index (χ3v) is 2.15. The van der Waals surface area contributed by atoms with Crippen molar-refractivity contribution in [2.24, 2.45) is 5.92 Å². The first-order chi connectivity index (χ1) is 6.42. The average Bonchev–Trinajstić information content (AvgIpc) is 2.24. The predicted molar refractivity (Wildman–Crippen MR) is 44.4 cm³/mol. The van der Waals surface area contributed by atoms with Gasteiger partial charge in [-0.3, -0.25) is 4.90 Å². The number of carboxylic acid groups (broad SMARTS) is 1. The largest absolute Gasteiger partial charge is 0.480 e. The Morgan fingerprint density at radius 1 is 1.71 bits per heavy atom. The molecule has 0 aromatic rings. The van der Waals surface area contributed by atoms with E-state index in [0.717, 1.165) is 0 Å². The second kappa shape index (κ2) is 4.18. The molecule has 1 unspecified atom stereocenters. The molecule has 6 heteroatoms. The van der Waals surface area contributed by atoms with Crippen molar-refractivity contribution in [2.45, 2.75) is 5.92 Å². The molecule has 0 spiro atoms. The van der Waals surface area contributed by atoms with Crippen LogP contribution in [0.5, 0.6) is 0 Å². The fraction of sp³-hybridized carbons (Fsp3) is 0.875. The van der Waals surface area contributed by atoms with Crippen LogP contribution in [0.2, 0.25) is 0 Å². The predicted octanol–water partition coefficient (Wildman–Crippen LogP) is 0.284. The monoisotopic (exact) mass is 209 g/mol. The van der Waals surface area contributed by atoms with E-state index in [1.54, 1.807) is 7.05 Å². The summed E-state index contributed by atoms with van der Waals surface area (Å²) in [6.45, 7) is -0.763. The maximum Gasteiger partial charge on any atom is 0.329 e. The lowest BCUT2D eigenvalue weighted by Crippen LogP contribution is -2.31. The van der Waals surface area contributed by atoms with Gasteiger partial charge in [-0.2, -0.15) is 0 Å². The number of halogens is 2. The number of hydrogen-bond acceptors (Lipinski definition) is 3. The number of alkyl halides is 2. The van der Waals surface area contributed by atoms with Crippen molar-refractivity contribution in [3.05, 3.63) is 0 Å². The van der Waals surface area contributed by atoms with Crippen molar-refractivity contribution in [1.29, 1.82) is 0 Å². The summed E-state index contributed by atoms with van der Waals surface area (Å²) >= 11 is 0. The van der Waals surface area contributed by atoms with Crippen LogP contribution in [0.4, 0.5) is 8.78 Å². The first kappa shape index (κ1) is 11.3. The van der Waals surface area contributed by atoms with Crippen molar-refractivity contribution in [1.82, 2.24) is 4.90 Å². The van der Waals surface area contributed by atoms with Crippen molar-refractivity contribution >= 4 is 5.97 Å². The van der Waals surface area contributed by atoms with E-state index in [0.29, 0.717) is 0 Å². The van der Waals surface area contributed by atoms with Crippen LogP contribution >= 0.6 is 0 Å². The Kier molecular flexibility index (Phi) is 3.38. The van der Waals surface area contributed by atoms with Gasteiger partial charge in [-0.25, -0.2) is 13.6 Å². The highest BCUT2D eigenvalue weighted by Crippen LogP contribution is 2.32. The number of nitrogens with zero attached hydrogens (tertiary/aromatic N) is 1. The molecule has 0 aliphatic carbocycles. The molecular formula is C8H13F2NO3. The number of rotatable bonds is 4. The molecule has 0 saturated carbocycles. The molecule has 1 saturated heterocycles. The zero-order valence-electron chi connectivity index (χ0n) is 7.87. The lowest BCUT2D eigenvalue weighted by atomic mass is 10.1. The Labute approximate surface area is 80.4 Å². The molecule has 1 aliphatic heterocycles. The summed E-state index contributed by atoms with van der Waals surface area (Å²) in [5, 5.41) is 8.25. The molecule has 4 nitrogen and oxygen atoms in total. The zero-order chi connectivity index (χ0) is 10.8. The highest BCUT2D eigenvalue weighted by molar-refractivity contribution is 5.67. The molecule has 0 aromatic heterocycles. The van der Waals surface area contributed by atoms with Crippen LogP contribution in [0.15, 0.2) is 0 Å². The Bertz CT molecular complexity index is 223. The molecule has 1 N–H and O–H groups in total. The number of carboxylic acids is 1.